The molecule has 33 heavy (non-hydrogen) atoms. The summed E-state index contributed by atoms with van der Waals surface area (Å²) >= 11 is 0. The van der Waals surface area contributed by atoms with Crippen molar-refractivity contribution in [3.05, 3.63) is 86.6 Å². The van der Waals surface area contributed by atoms with Crippen LogP contribution >= 0.6 is 0 Å². The number of aromatic nitrogens is 1. The highest BCUT2D eigenvalue weighted by molar-refractivity contribution is 5.90. The van der Waals surface area contributed by atoms with Crippen LogP contribution in [0.3, 0.4) is 0 Å². The Morgan fingerprint density at radius 3 is 2.55 bits per heavy atom. The molecular weight excluding hydrogens is 426 g/mol. The van der Waals surface area contributed by atoms with Gasteiger partial charge in [-0.15, -0.1) is 0 Å². The third-order valence-electron chi connectivity index (χ3n) is 5.30. The molecule has 0 aliphatic heterocycles. The van der Waals surface area contributed by atoms with Crippen LogP contribution in [-0.2, 0) is 18.0 Å². The number of aryl methyl sites for hydroxylation is 3. The Hall–Kier alpha value is -4.07. The molecule has 0 unspecified atom stereocenters. The monoisotopic (exact) mass is 449 g/mol. The van der Waals surface area contributed by atoms with Crippen LogP contribution in [0.1, 0.15) is 38.5 Å². The second-order valence-corrected chi connectivity index (χ2v) is 7.62. The van der Waals surface area contributed by atoms with E-state index in [1.807, 2.05) is 32.9 Å². The molecule has 8 heteroatoms. The fraction of sp³-hybridized carbons (Fsp3) is 0.240. The molecule has 0 aliphatic carbocycles. The Morgan fingerprint density at radius 1 is 1.00 bits per heavy atom. The van der Waals surface area contributed by atoms with Crippen LogP contribution in [0.4, 0.5) is 0 Å². The van der Waals surface area contributed by atoms with Gasteiger partial charge in [-0.2, -0.15) is 0 Å². The summed E-state index contributed by atoms with van der Waals surface area (Å²) in [7, 11) is 1.49. The molecule has 2 aromatic carbocycles. The molecule has 4 rings (SSSR count). The zero-order valence-corrected chi connectivity index (χ0v) is 18.8. The number of carbonyl (C=O) groups excluding carboxylic acids is 1. The number of rotatable bonds is 7. The summed E-state index contributed by atoms with van der Waals surface area (Å²) in [5.74, 6) is 0.983. The molecule has 0 N–H and O–H groups in total. The average molecular weight is 449 g/mol. The van der Waals surface area contributed by atoms with Crippen LogP contribution in [0.5, 0.6) is 11.5 Å². The standard InChI is InChI=1S/C25H23NO7/c1-14-5-7-19-18(11-24(27)32-22(19)9-14)12-31-25(28)17-6-8-21(23(10-17)29-4)30-13-20-15(2)26-33-16(20)3/h5-11H,12-13H2,1-4H3. The molecule has 0 radical (unpaired) electrons. The van der Waals surface area contributed by atoms with E-state index in [1.54, 1.807) is 24.3 Å². The molecule has 0 fully saturated rings. The van der Waals surface area contributed by atoms with Gasteiger partial charge in [0.2, 0.25) is 0 Å². The van der Waals surface area contributed by atoms with Gasteiger partial charge >= 0.3 is 11.6 Å². The zero-order valence-electron chi connectivity index (χ0n) is 18.8. The van der Waals surface area contributed by atoms with E-state index in [1.165, 1.54) is 13.2 Å². The normalized spacial score (nSPS) is 10.9. The van der Waals surface area contributed by atoms with Crippen molar-refractivity contribution in [3.8, 4) is 11.5 Å². The number of esters is 1. The summed E-state index contributed by atoms with van der Waals surface area (Å²) in [4.78, 5) is 24.6. The number of methoxy groups -OCH3 is 1. The molecule has 0 aliphatic rings. The number of fused-ring (bicyclic) bond motifs is 1. The number of carbonyl (C=O) groups is 1. The third kappa shape index (κ3) is 4.74. The van der Waals surface area contributed by atoms with Crippen molar-refractivity contribution in [3.63, 3.8) is 0 Å². The summed E-state index contributed by atoms with van der Waals surface area (Å²) in [5.41, 5.74) is 3.39. The second kappa shape index (κ2) is 9.20. The largest absolute Gasteiger partial charge is 0.493 e. The maximum Gasteiger partial charge on any atom is 0.338 e. The van der Waals surface area contributed by atoms with Gasteiger partial charge in [0, 0.05) is 17.0 Å². The predicted octanol–water partition coefficient (Wildman–Crippen LogP) is 4.65. The van der Waals surface area contributed by atoms with E-state index in [-0.39, 0.29) is 13.2 Å². The number of benzene rings is 2. The zero-order chi connectivity index (χ0) is 23.5. The van der Waals surface area contributed by atoms with Crippen molar-refractivity contribution in [2.24, 2.45) is 0 Å². The Bertz CT molecular complexity index is 1360. The highest BCUT2D eigenvalue weighted by atomic mass is 16.5. The van der Waals surface area contributed by atoms with E-state index in [0.717, 1.165) is 16.8 Å². The first-order chi connectivity index (χ1) is 15.9. The van der Waals surface area contributed by atoms with Crippen LogP contribution in [0.2, 0.25) is 0 Å². The molecule has 0 amide bonds. The van der Waals surface area contributed by atoms with E-state index in [2.05, 4.69) is 5.16 Å². The Kier molecular flexibility index (Phi) is 6.17. The summed E-state index contributed by atoms with van der Waals surface area (Å²) < 4.78 is 27.1. The van der Waals surface area contributed by atoms with Crippen molar-refractivity contribution < 1.29 is 27.9 Å². The molecule has 8 nitrogen and oxygen atoms in total. The van der Waals surface area contributed by atoms with Crippen LogP contribution in [-0.4, -0.2) is 18.2 Å². The van der Waals surface area contributed by atoms with Gasteiger partial charge in [0.25, 0.3) is 0 Å². The van der Waals surface area contributed by atoms with Crippen LogP contribution in [0.25, 0.3) is 11.0 Å². The highest BCUT2D eigenvalue weighted by Crippen LogP contribution is 2.30. The topological polar surface area (TPSA) is 101 Å². The van der Waals surface area contributed by atoms with Crippen molar-refractivity contribution in [2.45, 2.75) is 34.0 Å². The summed E-state index contributed by atoms with van der Waals surface area (Å²) in [5, 5.41) is 4.63. The van der Waals surface area contributed by atoms with Crippen molar-refractivity contribution in [2.75, 3.05) is 7.11 Å². The molecule has 0 saturated heterocycles. The minimum absolute atomic E-state index is 0.0728. The molecule has 4 aromatic rings. The molecule has 0 spiro atoms. The number of hydrogen-bond acceptors (Lipinski definition) is 8. The van der Waals surface area contributed by atoms with Gasteiger partial charge in [-0.3, -0.25) is 0 Å². The highest BCUT2D eigenvalue weighted by Gasteiger charge is 2.16. The lowest BCUT2D eigenvalue weighted by Gasteiger charge is -2.12. The maximum atomic E-state index is 12.7. The first-order valence-corrected chi connectivity index (χ1v) is 10.3. The molecule has 170 valence electrons. The van der Waals surface area contributed by atoms with Crippen LogP contribution in [0.15, 0.2) is 56.2 Å². The van der Waals surface area contributed by atoms with E-state index in [0.29, 0.717) is 39.4 Å². The van der Waals surface area contributed by atoms with E-state index in [9.17, 15) is 9.59 Å². The molecule has 0 bridgehead atoms. The van der Waals surface area contributed by atoms with Gasteiger partial charge in [0.05, 0.1) is 23.9 Å². The van der Waals surface area contributed by atoms with E-state index in [4.69, 9.17) is 23.2 Å². The predicted molar refractivity (Wildman–Crippen MR) is 120 cm³/mol. The molecule has 0 atom stereocenters. The smallest absolute Gasteiger partial charge is 0.338 e. The summed E-state index contributed by atoms with van der Waals surface area (Å²) in [6.07, 6.45) is 0. The quantitative estimate of drug-likeness (QED) is 0.297. The van der Waals surface area contributed by atoms with Crippen molar-refractivity contribution in [1.82, 2.24) is 5.16 Å². The summed E-state index contributed by atoms with van der Waals surface area (Å²) in [6, 6.07) is 11.6. The Morgan fingerprint density at radius 2 is 1.82 bits per heavy atom. The third-order valence-corrected chi connectivity index (χ3v) is 5.30. The summed E-state index contributed by atoms with van der Waals surface area (Å²) in [6.45, 7) is 5.74. The van der Waals surface area contributed by atoms with Crippen molar-refractivity contribution >= 4 is 16.9 Å². The number of ether oxygens (including phenoxy) is 3. The van der Waals surface area contributed by atoms with Gasteiger partial charge in [0.15, 0.2) is 11.5 Å². The lowest BCUT2D eigenvalue weighted by molar-refractivity contribution is 0.0473. The van der Waals surface area contributed by atoms with Gasteiger partial charge < -0.3 is 23.2 Å². The van der Waals surface area contributed by atoms with Crippen LogP contribution in [0, 0.1) is 20.8 Å². The van der Waals surface area contributed by atoms with Gasteiger partial charge in [-0.1, -0.05) is 17.3 Å². The Labute approximate surface area is 189 Å². The lowest BCUT2D eigenvalue weighted by atomic mass is 10.1. The van der Waals surface area contributed by atoms with Gasteiger partial charge in [-0.05, 0) is 50.6 Å². The fourth-order valence-corrected chi connectivity index (χ4v) is 3.45. The molecule has 2 aromatic heterocycles. The SMILES string of the molecule is COc1cc(C(=O)OCc2cc(=O)oc3cc(C)ccc23)ccc1OCc1c(C)noc1C. The second-order valence-electron chi connectivity index (χ2n) is 7.62. The first-order valence-electron chi connectivity index (χ1n) is 10.3. The number of nitrogens with zero attached hydrogens (tertiary/aromatic N) is 1. The van der Waals surface area contributed by atoms with E-state index >= 15 is 0 Å². The lowest BCUT2D eigenvalue weighted by Crippen LogP contribution is -2.08. The molecule has 2 heterocycles. The minimum Gasteiger partial charge on any atom is -0.493 e. The van der Waals surface area contributed by atoms with Gasteiger partial charge in [0.1, 0.15) is 24.6 Å². The van der Waals surface area contributed by atoms with Crippen molar-refractivity contribution in [1.29, 1.82) is 0 Å². The molecular formula is C25H23NO7. The number of hydrogen-bond donors (Lipinski definition) is 0. The Balaban J connectivity index is 1.49. The maximum absolute atomic E-state index is 12.7. The van der Waals surface area contributed by atoms with Crippen LogP contribution < -0.4 is 15.1 Å². The first kappa shape index (κ1) is 22.1. The van der Waals surface area contributed by atoms with Gasteiger partial charge in [-0.25, -0.2) is 9.59 Å². The van der Waals surface area contributed by atoms with E-state index < -0.39 is 11.6 Å². The average Bonchev–Trinajstić information content (AvgIpc) is 3.12. The minimum atomic E-state index is -0.556. The fourth-order valence-electron chi connectivity index (χ4n) is 3.45. The molecule has 0 saturated carbocycles.